The minimum absolute atomic E-state index is 0.0665. The van der Waals surface area contributed by atoms with E-state index in [1.54, 1.807) is 11.0 Å². The van der Waals surface area contributed by atoms with Crippen LogP contribution in [0.15, 0.2) is 11.8 Å². The van der Waals surface area contributed by atoms with Gasteiger partial charge < -0.3 is 14.4 Å². The van der Waals surface area contributed by atoms with Crippen LogP contribution in [-0.4, -0.2) is 35.5 Å². The number of fused-ring (bicyclic) bond motifs is 1. The Morgan fingerprint density at radius 3 is 2.68 bits per heavy atom. The summed E-state index contributed by atoms with van der Waals surface area (Å²) in [5.41, 5.74) is -0.665. The molecule has 0 aromatic rings. The number of nitrogens with zero attached hydrogens (tertiary/aromatic N) is 2. The van der Waals surface area contributed by atoms with E-state index in [9.17, 15) is 9.59 Å². The predicted octanol–water partition coefficient (Wildman–Crippen LogP) is 3.27. The van der Waals surface area contributed by atoms with Gasteiger partial charge in [-0.3, -0.25) is 0 Å². The van der Waals surface area contributed by atoms with Crippen LogP contribution in [0.25, 0.3) is 4.85 Å². The number of rotatable bonds is 0. The topological polar surface area (TPSA) is 51.0 Å². The second-order valence-corrected chi connectivity index (χ2v) is 7.60. The molecule has 0 bridgehead atoms. The van der Waals surface area contributed by atoms with Crippen LogP contribution < -0.4 is 0 Å². The van der Waals surface area contributed by atoms with Crippen molar-refractivity contribution in [2.45, 2.75) is 46.6 Å². The lowest BCUT2D eigenvalue weighted by Gasteiger charge is -2.49. The van der Waals surface area contributed by atoms with Gasteiger partial charge in [-0.05, 0) is 38.5 Å². The number of likely N-dealkylation sites (tertiary alicyclic amines) is 1. The Kier molecular flexibility index (Phi) is 4.08. The van der Waals surface area contributed by atoms with Gasteiger partial charge in [-0.25, -0.2) is 9.64 Å². The molecule has 5 nitrogen and oxygen atoms in total. The summed E-state index contributed by atoms with van der Waals surface area (Å²) in [4.78, 5) is 29.5. The van der Waals surface area contributed by atoms with Crippen molar-refractivity contribution in [2.24, 2.45) is 17.3 Å². The van der Waals surface area contributed by atoms with Crippen molar-refractivity contribution < 1.29 is 14.3 Å². The fraction of sp³-hybridized carbons (Fsp3) is 0.706. The number of carbonyl (C=O) groups excluding carboxylic acids is 2. The lowest BCUT2D eigenvalue weighted by atomic mass is 9.62. The first-order valence-corrected chi connectivity index (χ1v) is 7.70. The highest BCUT2D eigenvalue weighted by atomic mass is 16.6. The third-order valence-electron chi connectivity index (χ3n) is 4.60. The number of hydrogen-bond donors (Lipinski definition) is 0. The standard InChI is InChI=1S/C17H24N2O3/c1-11-12-7-8-19(15(21)22-16(2,3)4)10-17(12,5)9-13(18-6)14(11)20/h9,11-12H,7-8,10H2,1-5H3/t11-,12-,17+/m0/s1. The molecule has 1 aliphatic heterocycles. The van der Waals surface area contributed by atoms with Crippen molar-refractivity contribution in [1.82, 2.24) is 4.90 Å². The first kappa shape index (κ1) is 16.5. The molecule has 120 valence electrons. The summed E-state index contributed by atoms with van der Waals surface area (Å²) in [7, 11) is 0. The summed E-state index contributed by atoms with van der Waals surface area (Å²) in [5, 5.41) is 0. The van der Waals surface area contributed by atoms with Gasteiger partial charge in [0.05, 0.1) is 6.57 Å². The Morgan fingerprint density at radius 2 is 2.14 bits per heavy atom. The van der Waals surface area contributed by atoms with Crippen molar-refractivity contribution in [1.29, 1.82) is 0 Å². The van der Waals surface area contributed by atoms with Gasteiger partial charge in [0.1, 0.15) is 5.60 Å². The van der Waals surface area contributed by atoms with Crippen LogP contribution in [0.4, 0.5) is 4.79 Å². The van der Waals surface area contributed by atoms with E-state index in [1.165, 1.54) is 0 Å². The van der Waals surface area contributed by atoms with E-state index in [0.29, 0.717) is 13.1 Å². The van der Waals surface area contributed by atoms with Gasteiger partial charge in [0.15, 0.2) is 5.78 Å². The Bertz CT molecular complexity index is 567. The summed E-state index contributed by atoms with van der Waals surface area (Å²) >= 11 is 0. The first-order chi connectivity index (χ1) is 10.1. The smallest absolute Gasteiger partial charge is 0.410 e. The fourth-order valence-electron chi connectivity index (χ4n) is 3.58. The average molecular weight is 304 g/mol. The first-order valence-electron chi connectivity index (χ1n) is 7.70. The van der Waals surface area contributed by atoms with Crippen LogP contribution >= 0.6 is 0 Å². The molecule has 0 aromatic heterocycles. The summed E-state index contributed by atoms with van der Waals surface area (Å²) in [6.07, 6.45) is 2.20. The van der Waals surface area contributed by atoms with E-state index in [4.69, 9.17) is 11.3 Å². The number of piperidine rings is 1. The molecule has 0 radical (unpaired) electrons. The molecule has 1 saturated heterocycles. The van der Waals surface area contributed by atoms with Crippen molar-refractivity contribution in [3.05, 3.63) is 23.2 Å². The zero-order valence-corrected chi connectivity index (χ0v) is 14.0. The molecule has 0 spiro atoms. The van der Waals surface area contributed by atoms with E-state index in [0.717, 1.165) is 6.42 Å². The van der Waals surface area contributed by atoms with Crippen LogP contribution in [0.3, 0.4) is 0 Å². The number of Topliss-reactive ketones (excluding diaryl/α,β-unsaturated/α-hetero) is 1. The average Bonchev–Trinajstić information content (AvgIpc) is 2.40. The molecule has 1 heterocycles. The zero-order valence-electron chi connectivity index (χ0n) is 14.0. The Labute approximate surface area is 132 Å². The van der Waals surface area contributed by atoms with Crippen LogP contribution in [0.5, 0.6) is 0 Å². The largest absolute Gasteiger partial charge is 0.444 e. The van der Waals surface area contributed by atoms with Gasteiger partial charge in [0.2, 0.25) is 5.70 Å². The molecule has 1 fully saturated rings. The zero-order chi connectivity index (χ0) is 16.7. The lowest BCUT2D eigenvalue weighted by Crippen LogP contribution is -2.54. The molecule has 1 amide bonds. The Balaban J connectivity index is 2.24. The highest BCUT2D eigenvalue weighted by Crippen LogP contribution is 2.46. The maximum atomic E-state index is 12.3. The molecule has 0 aromatic carbocycles. The highest BCUT2D eigenvalue weighted by molar-refractivity contribution is 5.99. The van der Waals surface area contributed by atoms with Crippen molar-refractivity contribution in [3.8, 4) is 0 Å². The van der Waals surface area contributed by atoms with E-state index in [1.807, 2.05) is 34.6 Å². The van der Waals surface area contributed by atoms with Crippen LogP contribution in [0.1, 0.15) is 41.0 Å². The Morgan fingerprint density at radius 1 is 1.50 bits per heavy atom. The monoisotopic (exact) mass is 304 g/mol. The molecule has 2 rings (SSSR count). The molecular formula is C17H24N2O3. The number of amides is 1. The lowest BCUT2D eigenvalue weighted by molar-refractivity contribution is -0.123. The van der Waals surface area contributed by atoms with Gasteiger partial charge in [0.25, 0.3) is 0 Å². The van der Waals surface area contributed by atoms with Gasteiger partial charge in [0, 0.05) is 19.0 Å². The molecular weight excluding hydrogens is 280 g/mol. The molecule has 0 unspecified atom stereocenters. The number of hydrogen-bond acceptors (Lipinski definition) is 3. The van der Waals surface area contributed by atoms with Crippen molar-refractivity contribution in [3.63, 3.8) is 0 Å². The van der Waals surface area contributed by atoms with E-state index in [2.05, 4.69) is 4.85 Å². The second kappa shape index (κ2) is 5.42. The molecule has 22 heavy (non-hydrogen) atoms. The summed E-state index contributed by atoms with van der Waals surface area (Å²) in [5.74, 6) is -0.0627. The molecule has 1 aliphatic carbocycles. The number of carbonyl (C=O) groups is 2. The maximum Gasteiger partial charge on any atom is 0.410 e. The summed E-state index contributed by atoms with van der Waals surface area (Å²) in [6.45, 7) is 17.7. The molecule has 2 aliphatic rings. The van der Waals surface area contributed by atoms with Crippen LogP contribution in [-0.2, 0) is 9.53 Å². The fourth-order valence-corrected chi connectivity index (χ4v) is 3.58. The number of allylic oxidation sites excluding steroid dienone is 1. The number of ether oxygens (including phenoxy) is 1. The van der Waals surface area contributed by atoms with E-state index >= 15 is 0 Å². The highest BCUT2D eigenvalue weighted by Gasteiger charge is 2.48. The van der Waals surface area contributed by atoms with E-state index < -0.39 is 5.60 Å². The predicted molar refractivity (Wildman–Crippen MR) is 82.9 cm³/mol. The molecule has 5 heteroatoms. The number of ketones is 1. The molecule has 3 atom stereocenters. The third kappa shape index (κ3) is 3.01. The van der Waals surface area contributed by atoms with Gasteiger partial charge >= 0.3 is 6.09 Å². The SMILES string of the molecule is [C-]#[N+]C1=C[C@]2(C)CN(C(=O)OC(C)(C)C)CC[C@H]2[C@H](C)C1=O. The van der Waals surface area contributed by atoms with Crippen molar-refractivity contribution >= 4 is 11.9 Å². The minimum Gasteiger partial charge on any atom is -0.444 e. The van der Waals surface area contributed by atoms with Crippen LogP contribution in [0, 0.1) is 23.8 Å². The summed E-state index contributed by atoms with van der Waals surface area (Å²) < 4.78 is 5.44. The second-order valence-electron chi connectivity index (χ2n) is 7.60. The van der Waals surface area contributed by atoms with Gasteiger partial charge in [-0.2, -0.15) is 0 Å². The molecule has 0 N–H and O–H groups in total. The summed E-state index contributed by atoms with van der Waals surface area (Å²) in [6, 6.07) is 0. The van der Waals surface area contributed by atoms with Crippen molar-refractivity contribution in [2.75, 3.05) is 13.1 Å². The normalized spacial score (nSPS) is 31.9. The van der Waals surface area contributed by atoms with Gasteiger partial charge in [-0.1, -0.05) is 19.9 Å². The Hall–Kier alpha value is -1.83. The maximum absolute atomic E-state index is 12.3. The minimum atomic E-state index is -0.526. The third-order valence-corrected chi connectivity index (χ3v) is 4.60. The van der Waals surface area contributed by atoms with E-state index in [-0.39, 0.29) is 34.8 Å². The molecule has 0 saturated carbocycles. The van der Waals surface area contributed by atoms with Crippen LogP contribution in [0.2, 0.25) is 0 Å². The quantitative estimate of drug-likeness (QED) is 0.645. The van der Waals surface area contributed by atoms with Gasteiger partial charge in [-0.15, -0.1) is 0 Å².